The van der Waals surface area contributed by atoms with Gasteiger partial charge in [0.05, 0.1) is 0 Å². The Hall–Kier alpha value is -2.14. The smallest absolute Gasteiger partial charge is 0.273 e. The van der Waals surface area contributed by atoms with Gasteiger partial charge in [-0.3, -0.25) is 9.69 Å². The molecular weight excluding hydrogens is 302 g/mol. The Labute approximate surface area is 142 Å². The minimum Gasteiger partial charge on any atom is -0.360 e. The van der Waals surface area contributed by atoms with Crippen LogP contribution in [0.2, 0.25) is 0 Å². The molecule has 2 unspecified atom stereocenters. The van der Waals surface area contributed by atoms with Crippen molar-refractivity contribution in [3.05, 3.63) is 53.4 Å². The molecule has 4 rings (SSSR count). The van der Waals surface area contributed by atoms with Crippen molar-refractivity contribution in [3.8, 4) is 0 Å². The van der Waals surface area contributed by atoms with Crippen molar-refractivity contribution < 1.29 is 9.32 Å². The molecule has 2 atom stereocenters. The maximum absolute atomic E-state index is 12.4. The van der Waals surface area contributed by atoms with Gasteiger partial charge < -0.3 is 9.84 Å². The third kappa shape index (κ3) is 3.22. The van der Waals surface area contributed by atoms with Crippen LogP contribution in [0.3, 0.4) is 0 Å². The van der Waals surface area contributed by atoms with E-state index in [-0.39, 0.29) is 11.9 Å². The van der Waals surface area contributed by atoms with Gasteiger partial charge in [0.1, 0.15) is 5.76 Å². The number of nitrogens with zero attached hydrogens (tertiary/aromatic N) is 2. The molecule has 5 nitrogen and oxygen atoms in total. The number of hydrogen-bond donors (Lipinski definition) is 1. The fourth-order valence-electron chi connectivity index (χ4n) is 3.42. The van der Waals surface area contributed by atoms with Crippen molar-refractivity contribution in [3.63, 3.8) is 0 Å². The first-order valence-corrected chi connectivity index (χ1v) is 8.77. The lowest BCUT2D eigenvalue weighted by atomic mass is 10.1. The molecule has 2 aromatic rings. The van der Waals surface area contributed by atoms with Crippen LogP contribution >= 0.6 is 0 Å². The minimum atomic E-state index is -0.120. The molecule has 2 fully saturated rings. The van der Waals surface area contributed by atoms with E-state index in [1.807, 2.05) is 6.07 Å². The van der Waals surface area contributed by atoms with E-state index in [0.717, 1.165) is 38.1 Å². The normalized spacial score (nSPS) is 22.5. The van der Waals surface area contributed by atoms with Crippen molar-refractivity contribution in [1.82, 2.24) is 15.4 Å². The lowest BCUT2D eigenvalue weighted by Gasteiger charge is -2.24. The zero-order valence-electron chi connectivity index (χ0n) is 13.9. The van der Waals surface area contributed by atoms with E-state index in [1.165, 1.54) is 5.56 Å². The molecule has 2 aliphatic rings. The summed E-state index contributed by atoms with van der Waals surface area (Å²) in [4.78, 5) is 14.8. The summed E-state index contributed by atoms with van der Waals surface area (Å²) in [6, 6.07) is 12.8. The second-order valence-corrected chi connectivity index (χ2v) is 6.93. The molecule has 1 aliphatic carbocycles. The third-order valence-corrected chi connectivity index (χ3v) is 5.13. The number of nitrogens with one attached hydrogen (secondary N) is 1. The molecule has 1 saturated carbocycles. The Morgan fingerprint density at radius 3 is 2.83 bits per heavy atom. The Morgan fingerprint density at radius 2 is 2.08 bits per heavy atom. The van der Waals surface area contributed by atoms with E-state index < -0.39 is 0 Å². The molecule has 0 bridgehead atoms. The van der Waals surface area contributed by atoms with Crippen LogP contribution in [0.1, 0.15) is 60.0 Å². The molecule has 1 amide bonds. The first-order chi connectivity index (χ1) is 11.7. The molecule has 1 aromatic carbocycles. The average Bonchev–Trinajstić information content (AvgIpc) is 3.16. The molecule has 0 spiro atoms. The number of likely N-dealkylation sites (tertiary alicyclic amines) is 1. The van der Waals surface area contributed by atoms with Crippen molar-refractivity contribution in [1.29, 1.82) is 0 Å². The molecule has 1 aliphatic heterocycles. The SMILES string of the molecule is CC(c1ccccc1)N1CCC(NC(=O)c2cc(C3CC3)on2)C1. The summed E-state index contributed by atoms with van der Waals surface area (Å²) in [6.07, 6.45) is 3.26. The van der Waals surface area contributed by atoms with Gasteiger partial charge in [0.25, 0.3) is 5.91 Å². The number of carbonyl (C=O) groups is 1. The van der Waals surface area contributed by atoms with E-state index in [1.54, 1.807) is 6.07 Å². The zero-order valence-corrected chi connectivity index (χ0v) is 13.9. The van der Waals surface area contributed by atoms with Crippen molar-refractivity contribution >= 4 is 5.91 Å². The number of aromatic nitrogens is 1. The van der Waals surface area contributed by atoms with Gasteiger partial charge in [-0.2, -0.15) is 0 Å². The second-order valence-electron chi connectivity index (χ2n) is 6.93. The molecule has 5 heteroatoms. The Morgan fingerprint density at radius 1 is 1.29 bits per heavy atom. The van der Waals surface area contributed by atoms with Crippen LogP contribution in [0.5, 0.6) is 0 Å². The summed E-state index contributed by atoms with van der Waals surface area (Å²) in [7, 11) is 0. The molecule has 0 radical (unpaired) electrons. The van der Waals surface area contributed by atoms with Gasteiger partial charge >= 0.3 is 0 Å². The van der Waals surface area contributed by atoms with Gasteiger partial charge in [0, 0.05) is 37.2 Å². The predicted octanol–water partition coefficient (Wildman–Crippen LogP) is 3.12. The van der Waals surface area contributed by atoms with E-state index in [2.05, 4.69) is 46.6 Å². The first-order valence-electron chi connectivity index (χ1n) is 8.77. The number of hydrogen-bond acceptors (Lipinski definition) is 4. The minimum absolute atomic E-state index is 0.120. The highest BCUT2D eigenvalue weighted by atomic mass is 16.5. The maximum atomic E-state index is 12.4. The van der Waals surface area contributed by atoms with Crippen molar-refractivity contribution in [2.45, 2.75) is 44.2 Å². The Bertz CT molecular complexity index is 708. The fourth-order valence-corrected chi connectivity index (χ4v) is 3.42. The van der Waals surface area contributed by atoms with Crippen LogP contribution in [-0.2, 0) is 0 Å². The summed E-state index contributed by atoms with van der Waals surface area (Å²) in [6.45, 7) is 4.08. The van der Waals surface area contributed by atoms with E-state index >= 15 is 0 Å². The lowest BCUT2D eigenvalue weighted by Crippen LogP contribution is -2.37. The van der Waals surface area contributed by atoms with E-state index in [9.17, 15) is 4.79 Å². The molecule has 24 heavy (non-hydrogen) atoms. The fraction of sp³-hybridized carbons (Fsp3) is 0.474. The lowest BCUT2D eigenvalue weighted by molar-refractivity contribution is 0.0927. The number of carbonyl (C=O) groups excluding carboxylic acids is 1. The highest BCUT2D eigenvalue weighted by Gasteiger charge is 2.31. The Balaban J connectivity index is 1.33. The highest BCUT2D eigenvalue weighted by molar-refractivity contribution is 5.92. The second kappa shape index (κ2) is 6.40. The molecule has 1 aromatic heterocycles. The quantitative estimate of drug-likeness (QED) is 0.917. The summed E-state index contributed by atoms with van der Waals surface area (Å²) in [5.41, 5.74) is 1.72. The topological polar surface area (TPSA) is 58.4 Å². The van der Waals surface area contributed by atoms with Crippen molar-refractivity contribution in [2.75, 3.05) is 13.1 Å². The van der Waals surface area contributed by atoms with Gasteiger partial charge in [-0.05, 0) is 31.7 Å². The van der Waals surface area contributed by atoms with Gasteiger partial charge in [-0.15, -0.1) is 0 Å². The summed E-state index contributed by atoms with van der Waals surface area (Å²) in [5.74, 6) is 1.21. The van der Waals surface area contributed by atoms with Crippen molar-refractivity contribution in [2.24, 2.45) is 0 Å². The standard InChI is InChI=1S/C19H23N3O2/c1-13(14-5-3-2-4-6-14)22-10-9-16(12-22)20-19(23)17-11-18(24-21-17)15-7-8-15/h2-6,11,13,15-16H,7-10,12H2,1H3,(H,20,23). The maximum Gasteiger partial charge on any atom is 0.273 e. The summed E-state index contributed by atoms with van der Waals surface area (Å²) < 4.78 is 5.27. The number of benzene rings is 1. The summed E-state index contributed by atoms with van der Waals surface area (Å²) >= 11 is 0. The molecule has 2 heterocycles. The molecule has 1 N–H and O–H groups in total. The highest BCUT2D eigenvalue weighted by Crippen LogP contribution is 2.40. The van der Waals surface area contributed by atoms with Crippen LogP contribution in [-0.4, -0.2) is 35.1 Å². The number of rotatable bonds is 5. The van der Waals surface area contributed by atoms with Gasteiger partial charge in [-0.1, -0.05) is 35.5 Å². The predicted molar refractivity (Wildman–Crippen MR) is 90.8 cm³/mol. The van der Waals surface area contributed by atoms with Gasteiger partial charge in [0.15, 0.2) is 5.69 Å². The average molecular weight is 325 g/mol. The molecule has 126 valence electrons. The largest absolute Gasteiger partial charge is 0.360 e. The molecule has 1 saturated heterocycles. The van der Waals surface area contributed by atoms with E-state index in [4.69, 9.17) is 4.52 Å². The van der Waals surface area contributed by atoms with Crippen LogP contribution in [0.4, 0.5) is 0 Å². The zero-order chi connectivity index (χ0) is 16.5. The van der Waals surface area contributed by atoms with Gasteiger partial charge in [-0.25, -0.2) is 0 Å². The van der Waals surface area contributed by atoms with Gasteiger partial charge in [0.2, 0.25) is 0 Å². The van der Waals surface area contributed by atoms with Crippen LogP contribution in [0.15, 0.2) is 40.9 Å². The van der Waals surface area contributed by atoms with E-state index in [0.29, 0.717) is 17.7 Å². The third-order valence-electron chi connectivity index (χ3n) is 5.13. The number of amides is 1. The monoisotopic (exact) mass is 325 g/mol. The first kappa shape index (κ1) is 15.4. The van der Waals surface area contributed by atoms with Crippen LogP contribution in [0, 0.1) is 0 Å². The summed E-state index contributed by atoms with van der Waals surface area (Å²) in [5, 5.41) is 7.02. The molecular formula is C19H23N3O2. The van der Waals surface area contributed by atoms with Crippen LogP contribution < -0.4 is 5.32 Å². The Kier molecular flexibility index (Phi) is 4.10. The van der Waals surface area contributed by atoms with Crippen LogP contribution in [0.25, 0.3) is 0 Å².